The summed E-state index contributed by atoms with van der Waals surface area (Å²) in [6.45, 7) is 2.13. The molecule has 1 aromatic carbocycles. The van der Waals surface area contributed by atoms with Crippen molar-refractivity contribution in [1.29, 1.82) is 0 Å². The fourth-order valence-corrected chi connectivity index (χ4v) is 1.75. The zero-order valence-corrected chi connectivity index (χ0v) is 9.65. The fourth-order valence-electron chi connectivity index (χ4n) is 1.56. The highest BCUT2D eigenvalue weighted by Gasteiger charge is 2.05. The summed E-state index contributed by atoms with van der Waals surface area (Å²) in [6, 6.07) is 3.18. The van der Waals surface area contributed by atoms with Gasteiger partial charge in [0.25, 0.3) is 0 Å². The van der Waals surface area contributed by atoms with Crippen molar-refractivity contribution in [1.82, 2.24) is 0 Å². The third-order valence-electron chi connectivity index (χ3n) is 2.48. The quantitative estimate of drug-likeness (QED) is 0.768. The number of hydrogen-bond donors (Lipinski definition) is 1. The van der Waals surface area contributed by atoms with Crippen LogP contribution in [0.15, 0.2) is 12.1 Å². The van der Waals surface area contributed by atoms with Gasteiger partial charge in [0.05, 0.1) is 5.02 Å². The maximum absolute atomic E-state index is 13.0. The van der Waals surface area contributed by atoms with Crippen molar-refractivity contribution in [2.75, 3.05) is 6.61 Å². The lowest BCUT2D eigenvalue weighted by Crippen LogP contribution is -1.93. The molecular formula is C12H16ClFO. The van der Waals surface area contributed by atoms with Crippen molar-refractivity contribution >= 4 is 11.6 Å². The predicted molar refractivity (Wildman–Crippen MR) is 60.8 cm³/mol. The van der Waals surface area contributed by atoms with Gasteiger partial charge in [0, 0.05) is 6.61 Å². The average molecular weight is 231 g/mol. The van der Waals surface area contributed by atoms with Gasteiger partial charge >= 0.3 is 0 Å². The van der Waals surface area contributed by atoms with E-state index in [9.17, 15) is 4.39 Å². The monoisotopic (exact) mass is 230 g/mol. The number of aryl methyl sites for hydroxylation is 2. The average Bonchev–Trinajstić information content (AvgIpc) is 2.20. The summed E-state index contributed by atoms with van der Waals surface area (Å²) in [4.78, 5) is 0. The molecule has 0 atom stereocenters. The lowest BCUT2D eigenvalue weighted by atomic mass is 10.0. The van der Waals surface area contributed by atoms with E-state index in [0.29, 0.717) is 0 Å². The molecule has 0 bridgehead atoms. The maximum atomic E-state index is 13.0. The van der Waals surface area contributed by atoms with Crippen molar-refractivity contribution in [3.05, 3.63) is 34.1 Å². The largest absolute Gasteiger partial charge is 0.396 e. The molecule has 0 unspecified atom stereocenters. The Hall–Kier alpha value is -0.600. The van der Waals surface area contributed by atoms with Crippen LogP contribution in [0.3, 0.4) is 0 Å². The molecular weight excluding hydrogens is 215 g/mol. The van der Waals surface area contributed by atoms with Crippen molar-refractivity contribution in [2.45, 2.75) is 32.6 Å². The normalized spacial score (nSPS) is 10.7. The second kappa shape index (κ2) is 6.09. The second-order valence-electron chi connectivity index (χ2n) is 3.73. The standard InChI is InChI=1S/C12H16ClFO/c1-9-7-12(14)11(13)8-10(9)5-3-2-4-6-15/h7-8,15H,2-6H2,1H3. The molecule has 3 heteroatoms. The van der Waals surface area contributed by atoms with Crippen LogP contribution in [0, 0.1) is 12.7 Å². The second-order valence-corrected chi connectivity index (χ2v) is 4.13. The molecule has 0 aliphatic carbocycles. The van der Waals surface area contributed by atoms with Crippen LogP contribution in [-0.2, 0) is 6.42 Å². The molecule has 0 aromatic heterocycles. The van der Waals surface area contributed by atoms with Crippen LogP contribution >= 0.6 is 11.6 Å². The van der Waals surface area contributed by atoms with E-state index in [1.54, 1.807) is 6.07 Å². The Morgan fingerprint density at radius 3 is 2.67 bits per heavy atom. The molecule has 1 nitrogen and oxygen atoms in total. The molecule has 0 saturated carbocycles. The predicted octanol–water partition coefficient (Wildman–Crippen LogP) is 3.49. The molecule has 84 valence electrons. The molecule has 0 aliphatic rings. The Bertz CT molecular complexity index is 326. The minimum atomic E-state index is -0.353. The number of halogens is 2. The molecule has 0 spiro atoms. The van der Waals surface area contributed by atoms with Crippen LogP contribution in [0.5, 0.6) is 0 Å². The first-order valence-electron chi connectivity index (χ1n) is 5.20. The molecule has 15 heavy (non-hydrogen) atoms. The third kappa shape index (κ3) is 3.80. The first-order chi connectivity index (χ1) is 7.15. The number of aliphatic hydroxyl groups is 1. The van der Waals surface area contributed by atoms with Crippen molar-refractivity contribution in [3.8, 4) is 0 Å². The van der Waals surface area contributed by atoms with Crippen LogP contribution < -0.4 is 0 Å². The van der Waals surface area contributed by atoms with Gasteiger partial charge in [-0.15, -0.1) is 0 Å². The van der Waals surface area contributed by atoms with E-state index in [2.05, 4.69) is 0 Å². The lowest BCUT2D eigenvalue weighted by Gasteiger charge is -2.06. The molecule has 1 aromatic rings. The summed E-state index contributed by atoms with van der Waals surface area (Å²) in [6.07, 6.45) is 3.72. The van der Waals surface area contributed by atoms with Crippen molar-refractivity contribution < 1.29 is 9.50 Å². The Morgan fingerprint density at radius 1 is 1.27 bits per heavy atom. The number of unbranched alkanes of at least 4 members (excludes halogenated alkanes) is 2. The van der Waals surface area contributed by atoms with E-state index in [-0.39, 0.29) is 17.4 Å². The van der Waals surface area contributed by atoms with Crippen LogP contribution in [0.1, 0.15) is 30.4 Å². The summed E-state index contributed by atoms with van der Waals surface area (Å²) in [7, 11) is 0. The Balaban J connectivity index is 2.57. The Labute approximate surface area is 94.9 Å². The van der Waals surface area contributed by atoms with Gasteiger partial charge in [0.1, 0.15) is 5.82 Å². The van der Waals surface area contributed by atoms with Gasteiger partial charge in [-0.2, -0.15) is 0 Å². The van der Waals surface area contributed by atoms with E-state index >= 15 is 0 Å². The number of rotatable bonds is 5. The van der Waals surface area contributed by atoms with Gasteiger partial charge in [-0.05, 0) is 49.4 Å². The van der Waals surface area contributed by atoms with Crippen LogP contribution in [-0.4, -0.2) is 11.7 Å². The van der Waals surface area contributed by atoms with Gasteiger partial charge in [0.2, 0.25) is 0 Å². The smallest absolute Gasteiger partial charge is 0.142 e. The molecule has 1 rings (SSSR count). The van der Waals surface area contributed by atoms with Gasteiger partial charge in [-0.3, -0.25) is 0 Å². The molecule has 0 saturated heterocycles. The zero-order chi connectivity index (χ0) is 11.3. The molecule has 1 N–H and O–H groups in total. The summed E-state index contributed by atoms with van der Waals surface area (Å²) in [5, 5.41) is 8.82. The minimum Gasteiger partial charge on any atom is -0.396 e. The zero-order valence-electron chi connectivity index (χ0n) is 8.89. The molecule has 0 fully saturated rings. The molecule has 0 aliphatic heterocycles. The number of hydrogen-bond acceptors (Lipinski definition) is 1. The summed E-state index contributed by atoms with van der Waals surface area (Å²) in [5.74, 6) is -0.353. The van der Waals surface area contributed by atoms with Gasteiger partial charge in [-0.25, -0.2) is 4.39 Å². The first kappa shape index (κ1) is 12.5. The SMILES string of the molecule is Cc1cc(F)c(Cl)cc1CCCCCO. The highest BCUT2D eigenvalue weighted by molar-refractivity contribution is 6.30. The van der Waals surface area contributed by atoms with Gasteiger partial charge in [-0.1, -0.05) is 18.0 Å². The maximum Gasteiger partial charge on any atom is 0.142 e. The molecule has 0 amide bonds. The fraction of sp³-hybridized carbons (Fsp3) is 0.500. The van der Waals surface area contributed by atoms with Gasteiger partial charge < -0.3 is 5.11 Å². The van der Waals surface area contributed by atoms with E-state index in [0.717, 1.165) is 36.8 Å². The highest BCUT2D eigenvalue weighted by Crippen LogP contribution is 2.21. The molecule has 0 radical (unpaired) electrons. The van der Waals surface area contributed by atoms with Crippen molar-refractivity contribution in [2.24, 2.45) is 0 Å². The molecule has 0 heterocycles. The van der Waals surface area contributed by atoms with E-state index in [1.807, 2.05) is 6.92 Å². The summed E-state index contributed by atoms with van der Waals surface area (Å²) >= 11 is 5.71. The first-order valence-corrected chi connectivity index (χ1v) is 5.58. The van der Waals surface area contributed by atoms with Gasteiger partial charge in [0.15, 0.2) is 0 Å². The van der Waals surface area contributed by atoms with E-state index < -0.39 is 0 Å². The van der Waals surface area contributed by atoms with Crippen LogP contribution in [0.2, 0.25) is 5.02 Å². The van der Waals surface area contributed by atoms with E-state index in [1.165, 1.54) is 6.07 Å². The lowest BCUT2D eigenvalue weighted by molar-refractivity contribution is 0.283. The van der Waals surface area contributed by atoms with E-state index in [4.69, 9.17) is 16.7 Å². The van der Waals surface area contributed by atoms with Crippen molar-refractivity contribution in [3.63, 3.8) is 0 Å². The van der Waals surface area contributed by atoms with Crippen LogP contribution in [0.25, 0.3) is 0 Å². The summed E-state index contributed by atoms with van der Waals surface area (Å²) < 4.78 is 13.0. The topological polar surface area (TPSA) is 20.2 Å². The summed E-state index contributed by atoms with van der Waals surface area (Å²) in [5.41, 5.74) is 2.04. The minimum absolute atomic E-state index is 0.192. The Morgan fingerprint density at radius 2 is 2.00 bits per heavy atom. The van der Waals surface area contributed by atoms with Crippen LogP contribution in [0.4, 0.5) is 4.39 Å². The highest BCUT2D eigenvalue weighted by atomic mass is 35.5. The number of aliphatic hydroxyl groups excluding tert-OH is 1. The Kier molecular flexibility index (Phi) is 5.06. The number of benzene rings is 1. The third-order valence-corrected chi connectivity index (χ3v) is 2.77.